The topological polar surface area (TPSA) is 97.1 Å². The molecule has 0 aliphatic heterocycles. The first-order valence-electron chi connectivity index (χ1n) is 10.5. The molecule has 0 aliphatic rings. The van der Waals surface area contributed by atoms with Gasteiger partial charge in [-0.15, -0.1) is 0 Å². The summed E-state index contributed by atoms with van der Waals surface area (Å²) in [6.07, 6.45) is 3.17. The number of rotatable bonds is 7. The highest BCUT2D eigenvalue weighted by atomic mass is 32.2. The van der Waals surface area contributed by atoms with Crippen LogP contribution < -0.4 is 4.72 Å². The number of hydrogen-bond donors (Lipinski definition) is 2. The highest BCUT2D eigenvalue weighted by molar-refractivity contribution is 7.92. The number of benzene rings is 2. The molecular weight excluding hydrogens is 424 g/mol. The molecule has 0 spiro atoms. The number of fused-ring (bicyclic) bond motifs is 1. The van der Waals surface area contributed by atoms with Gasteiger partial charge in [0.25, 0.3) is 10.0 Å². The van der Waals surface area contributed by atoms with E-state index in [0.717, 1.165) is 23.0 Å². The summed E-state index contributed by atoms with van der Waals surface area (Å²) < 4.78 is 30.7. The van der Waals surface area contributed by atoms with E-state index in [9.17, 15) is 13.5 Å². The molecule has 0 unspecified atom stereocenters. The molecule has 2 aromatic carbocycles. The van der Waals surface area contributed by atoms with Gasteiger partial charge in [-0.2, -0.15) is 5.10 Å². The van der Waals surface area contributed by atoms with Crippen molar-refractivity contribution in [2.45, 2.75) is 38.5 Å². The molecule has 166 valence electrons. The molecule has 0 aliphatic carbocycles. The third kappa shape index (κ3) is 4.45. The van der Waals surface area contributed by atoms with Gasteiger partial charge in [-0.3, -0.25) is 9.71 Å². The molecule has 0 atom stereocenters. The first-order valence-corrected chi connectivity index (χ1v) is 12.0. The first-order chi connectivity index (χ1) is 15.2. The Morgan fingerprint density at radius 3 is 2.69 bits per heavy atom. The minimum absolute atomic E-state index is 0.0963. The second-order valence-electron chi connectivity index (χ2n) is 8.26. The highest BCUT2D eigenvalue weighted by Crippen LogP contribution is 2.28. The Morgan fingerprint density at radius 2 is 1.91 bits per heavy atom. The van der Waals surface area contributed by atoms with Gasteiger partial charge in [-0.1, -0.05) is 19.9 Å². The van der Waals surface area contributed by atoms with Gasteiger partial charge in [0.05, 0.1) is 21.8 Å². The zero-order valence-corrected chi connectivity index (χ0v) is 19.1. The van der Waals surface area contributed by atoms with Crippen LogP contribution in [0.2, 0.25) is 0 Å². The van der Waals surface area contributed by atoms with Crippen molar-refractivity contribution in [1.29, 1.82) is 0 Å². The van der Waals surface area contributed by atoms with Gasteiger partial charge in [0.2, 0.25) is 0 Å². The van der Waals surface area contributed by atoms with Crippen LogP contribution in [-0.4, -0.2) is 28.3 Å². The Hall–Kier alpha value is -3.39. The third-order valence-corrected chi connectivity index (χ3v) is 6.63. The molecule has 2 heterocycles. The van der Waals surface area contributed by atoms with Gasteiger partial charge in [-0.05, 0) is 73.7 Å². The lowest BCUT2D eigenvalue weighted by Crippen LogP contribution is -2.16. The number of pyridine rings is 1. The molecule has 0 saturated carbocycles. The van der Waals surface area contributed by atoms with Crippen molar-refractivity contribution in [2.24, 2.45) is 5.92 Å². The number of aromatic nitrogens is 3. The fourth-order valence-corrected chi connectivity index (χ4v) is 4.68. The van der Waals surface area contributed by atoms with Crippen LogP contribution >= 0.6 is 0 Å². The number of aryl methyl sites for hydroxylation is 2. The van der Waals surface area contributed by atoms with Crippen LogP contribution in [-0.2, 0) is 16.4 Å². The predicted octanol–water partition coefficient (Wildman–Crippen LogP) is 4.82. The molecular formula is C24H26N4O3S. The number of anilines is 1. The Labute approximate surface area is 187 Å². The summed E-state index contributed by atoms with van der Waals surface area (Å²) in [7, 11) is -3.90. The molecule has 4 aromatic rings. The zero-order chi connectivity index (χ0) is 22.9. The number of nitrogens with zero attached hydrogens (tertiary/aromatic N) is 3. The number of aromatic hydroxyl groups is 1. The Balaban J connectivity index is 1.72. The zero-order valence-electron chi connectivity index (χ0n) is 18.3. The quantitative estimate of drug-likeness (QED) is 0.421. The molecule has 7 nitrogen and oxygen atoms in total. The Kier molecular flexibility index (Phi) is 5.88. The van der Waals surface area contributed by atoms with E-state index in [2.05, 4.69) is 28.7 Å². The van der Waals surface area contributed by atoms with Crippen molar-refractivity contribution >= 4 is 26.7 Å². The van der Waals surface area contributed by atoms with E-state index in [1.807, 2.05) is 37.3 Å². The molecule has 8 heteroatoms. The van der Waals surface area contributed by atoms with E-state index in [1.165, 1.54) is 18.2 Å². The van der Waals surface area contributed by atoms with Crippen molar-refractivity contribution in [3.63, 3.8) is 0 Å². The third-order valence-electron chi connectivity index (χ3n) is 5.27. The van der Waals surface area contributed by atoms with Crippen molar-refractivity contribution < 1.29 is 13.5 Å². The summed E-state index contributed by atoms with van der Waals surface area (Å²) in [4.78, 5) is 4.47. The summed E-state index contributed by atoms with van der Waals surface area (Å²) in [5, 5.41) is 15.5. The standard InChI is InChI=1S/C24H26N4O3S/c1-16(2)9-10-18-15-19(11-12-23(18)29)32(30,31)27-24-14-17(3)26-28(24)22-8-4-7-21-20(22)6-5-13-25-21/h4-8,11-16,27,29H,9-10H2,1-3H3. The second kappa shape index (κ2) is 8.63. The average molecular weight is 451 g/mol. The predicted molar refractivity (Wildman–Crippen MR) is 126 cm³/mol. The minimum Gasteiger partial charge on any atom is -0.508 e. The molecule has 0 radical (unpaired) electrons. The summed E-state index contributed by atoms with van der Waals surface area (Å²) in [6, 6.07) is 15.5. The van der Waals surface area contributed by atoms with Gasteiger partial charge < -0.3 is 5.11 Å². The van der Waals surface area contributed by atoms with Gasteiger partial charge >= 0.3 is 0 Å². The molecule has 0 amide bonds. The van der Waals surface area contributed by atoms with E-state index in [0.29, 0.717) is 29.4 Å². The Morgan fingerprint density at radius 1 is 1.09 bits per heavy atom. The van der Waals surface area contributed by atoms with Crippen LogP contribution in [0.25, 0.3) is 16.6 Å². The maximum Gasteiger partial charge on any atom is 0.263 e. The van der Waals surface area contributed by atoms with Crippen LogP contribution in [0.1, 0.15) is 31.5 Å². The number of sulfonamides is 1. The van der Waals surface area contributed by atoms with Crippen molar-refractivity contribution in [3.8, 4) is 11.4 Å². The van der Waals surface area contributed by atoms with Gasteiger partial charge in [0, 0.05) is 17.6 Å². The number of phenols is 1. The molecule has 2 N–H and O–H groups in total. The average Bonchev–Trinajstić information content (AvgIpc) is 3.11. The number of phenolic OH excluding ortho intramolecular Hbond substituents is 1. The largest absolute Gasteiger partial charge is 0.508 e. The molecule has 0 bridgehead atoms. The van der Waals surface area contributed by atoms with Gasteiger partial charge in [0.15, 0.2) is 0 Å². The minimum atomic E-state index is -3.90. The first kappa shape index (κ1) is 21.8. The fourth-order valence-electron chi connectivity index (χ4n) is 3.60. The van der Waals surface area contributed by atoms with E-state index < -0.39 is 10.0 Å². The summed E-state index contributed by atoms with van der Waals surface area (Å²) >= 11 is 0. The van der Waals surface area contributed by atoms with Gasteiger partial charge in [-0.25, -0.2) is 13.1 Å². The van der Waals surface area contributed by atoms with Crippen LogP contribution in [0.5, 0.6) is 5.75 Å². The summed E-state index contributed by atoms with van der Waals surface area (Å²) in [5.74, 6) is 0.879. The molecule has 32 heavy (non-hydrogen) atoms. The summed E-state index contributed by atoms with van der Waals surface area (Å²) in [6.45, 7) is 5.99. The molecule has 4 rings (SSSR count). The lowest BCUT2D eigenvalue weighted by atomic mass is 10.0. The monoisotopic (exact) mass is 450 g/mol. The van der Waals surface area contributed by atoms with Crippen LogP contribution in [0.15, 0.2) is 65.7 Å². The van der Waals surface area contributed by atoms with Crippen LogP contribution in [0.4, 0.5) is 5.82 Å². The normalized spacial score (nSPS) is 11.9. The SMILES string of the molecule is Cc1cc(NS(=O)(=O)c2ccc(O)c(CCC(C)C)c2)n(-c2cccc3ncccc23)n1. The fraction of sp³-hybridized carbons (Fsp3) is 0.250. The van der Waals surface area contributed by atoms with Crippen molar-refractivity contribution in [1.82, 2.24) is 14.8 Å². The highest BCUT2D eigenvalue weighted by Gasteiger charge is 2.20. The van der Waals surface area contributed by atoms with Crippen LogP contribution in [0, 0.1) is 12.8 Å². The second-order valence-corrected chi connectivity index (χ2v) is 9.94. The number of hydrogen-bond acceptors (Lipinski definition) is 5. The maximum absolute atomic E-state index is 13.2. The van der Waals surface area contributed by atoms with Crippen molar-refractivity contribution in [3.05, 3.63) is 72.1 Å². The lowest BCUT2D eigenvalue weighted by Gasteiger charge is -2.14. The van der Waals surface area contributed by atoms with E-state index >= 15 is 0 Å². The summed E-state index contributed by atoms with van der Waals surface area (Å²) in [5.41, 5.74) is 2.81. The molecule has 0 fully saturated rings. The van der Waals surface area contributed by atoms with E-state index in [4.69, 9.17) is 0 Å². The lowest BCUT2D eigenvalue weighted by molar-refractivity contribution is 0.462. The molecule has 2 aromatic heterocycles. The van der Waals surface area contributed by atoms with Crippen LogP contribution in [0.3, 0.4) is 0 Å². The van der Waals surface area contributed by atoms with Gasteiger partial charge in [0.1, 0.15) is 11.6 Å². The van der Waals surface area contributed by atoms with Crippen molar-refractivity contribution in [2.75, 3.05) is 4.72 Å². The van der Waals surface area contributed by atoms with E-state index in [1.54, 1.807) is 16.9 Å². The molecule has 0 saturated heterocycles. The van der Waals surface area contributed by atoms with E-state index in [-0.39, 0.29) is 10.6 Å². The maximum atomic E-state index is 13.2. The number of nitrogens with one attached hydrogen (secondary N) is 1. The Bertz CT molecular complexity index is 1370. The smallest absolute Gasteiger partial charge is 0.263 e.